The van der Waals surface area contributed by atoms with Gasteiger partial charge in [0.05, 0.1) is 4.90 Å². The second-order valence-corrected chi connectivity index (χ2v) is 6.08. The maximum absolute atomic E-state index is 12.0. The Kier molecular flexibility index (Phi) is 4.24. The van der Waals surface area contributed by atoms with Crippen LogP contribution in [0, 0.1) is 0 Å². The van der Waals surface area contributed by atoms with Crippen LogP contribution in [0.2, 0.25) is 5.02 Å². The first kappa shape index (κ1) is 14.1. The molecule has 2 rings (SSSR count). The summed E-state index contributed by atoms with van der Waals surface area (Å²) in [6, 6.07) is 14.4. The van der Waals surface area contributed by atoms with Crippen LogP contribution < -0.4 is 0 Å². The molecule has 0 radical (unpaired) electrons. The number of hydrogen-bond acceptors (Lipinski definition) is 2. The molecule has 0 saturated heterocycles. The molecule has 0 aliphatic heterocycles. The standard InChI is InChI=1S/C13H9Cl2NO2S/c14-11-6-4-5-10(9-11)13(15)16-19(17,18)12-7-2-1-3-8-12/h1-9H. The van der Waals surface area contributed by atoms with Gasteiger partial charge >= 0.3 is 0 Å². The van der Waals surface area contributed by atoms with Gasteiger partial charge in [-0.3, -0.25) is 0 Å². The zero-order valence-electron chi connectivity index (χ0n) is 9.62. The number of sulfonamides is 1. The molecule has 0 saturated carbocycles. The summed E-state index contributed by atoms with van der Waals surface area (Å²) in [6.07, 6.45) is 0. The van der Waals surface area contributed by atoms with Gasteiger partial charge in [0.15, 0.2) is 0 Å². The van der Waals surface area contributed by atoms with Crippen LogP contribution in [0.4, 0.5) is 0 Å². The van der Waals surface area contributed by atoms with Crippen molar-refractivity contribution in [1.82, 2.24) is 0 Å². The van der Waals surface area contributed by atoms with E-state index in [4.69, 9.17) is 23.2 Å². The first-order chi connectivity index (χ1) is 8.99. The lowest BCUT2D eigenvalue weighted by Crippen LogP contribution is -2.01. The number of halogens is 2. The first-order valence-electron chi connectivity index (χ1n) is 5.30. The molecule has 0 aliphatic carbocycles. The Bertz CT molecular complexity index is 712. The monoisotopic (exact) mass is 313 g/mol. The van der Waals surface area contributed by atoms with E-state index in [0.717, 1.165) is 0 Å². The van der Waals surface area contributed by atoms with Crippen molar-refractivity contribution in [2.75, 3.05) is 0 Å². The van der Waals surface area contributed by atoms with E-state index in [9.17, 15) is 8.42 Å². The summed E-state index contributed by atoms with van der Waals surface area (Å²) >= 11 is 11.7. The van der Waals surface area contributed by atoms with E-state index < -0.39 is 10.0 Å². The topological polar surface area (TPSA) is 46.5 Å². The summed E-state index contributed by atoms with van der Waals surface area (Å²) in [5.74, 6) is 0. The molecule has 0 unspecified atom stereocenters. The number of nitrogens with zero attached hydrogens (tertiary/aromatic N) is 1. The fraction of sp³-hybridized carbons (Fsp3) is 0. The molecule has 0 aliphatic rings. The van der Waals surface area contributed by atoms with Crippen molar-refractivity contribution in [2.45, 2.75) is 4.90 Å². The molecule has 3 nitrogen and oxygen atoms in total. The predicted octanol–water partition coefficient (Wildman–Crippen LogP) is 3.71. The molecule has 0 aromatic heterocycles. The van der Waals surface area contributed by atoms with E-state index in [0.29, 0.717) is 10.6 Å². The molecule has 98 valence electrons. The van der Waals surface area contributed by atoms with Gasteiger partial charge in [-0.25, -0.2) is 0 Å². The molecule has 0 spiro atoms. The van der Waals surface area contributed by atoms with E-state index in [1.165, 1.54) is 12.1 Å². The first-order valence-corrected chi connectivity index (χ1v) is 7.50. The summed E-state index contributed by atoms with van der Waals surface area (Å²) < 4.78 is 27.6. The van der Waals surface area contributed by atoms with Crippen LogP contribution in [0.3, 0.4) is 0 Å². The van der Waals surface area contributed by atoms with Crippen molar-refractivity contribution < 1.29 is 8.42 Å². The van der Waals surface area contributed by atoms with Crippen molar-refractivity contribution in [3.8, 4) is 0 Å². The summed E-state index contributed by atoms with van der Waals surface area (Å²) in [5.41, 5.74) is 0.452. The van der Waals surface area contributed by atoms with Gasteiger partial charge in [0.1, 0.15) is 5.17 Å². The SMILES string of the molecule is O=S(=O)(N=C(Cl)c1cccc(Cl)c1)c1ccccc1. The molecular weight excluding hydrogens is 305 g/mol. The van der Waals surface area contributed by atoms with E-state index in [2.05, 4.69) is 4.40 Å². The second kappa shape index (κ2) is 5.74. The van der Waals surface area contributed by atoms with E-state index in [1.807, 2.05) is 0 Å². The molecule has 0 fully saturated rings. The van der Waals surface area contributed by atoms with E-state index in [1.54, 1.807) is 42.5 Å². The predicted molar refractivity (Wildman–Crippen MR) is 77.5 cm³/mol. The van der Waals surface area contributed by atoms with Gasteiger partial charge < -0.3 is 0 Å². The molecule has 0 N–H and O–H groups in total. The van der Waals surface area contributed by atoms with Gasteiger partial charge in [0, 0.05) is 10.6 Å². The Balaban J connectivity index is 2.41. The van der Waals surface area contributed by atoms with Crippen LogP contribution in [0.15, 0.2) is 63.9 Å². The van der Waals surface area contributed by atoms with E-state index >= 15 is 0 Å². The smallest absolute Gasteiger partial charge is 0.199 e. The zero-order chi connectivity index (χ0) is 13.9. The highest BCUT2D eigenvalue weighted by atomic mass is 35.5. The number of hydrogen-bond donors (Lipinski definition) is 0. The fourth-order valence-corrected chi connectivity index (χ4v) is 2.92. The molecule has 0 bridgehead atoms. The molecule has 0 heterocycles. The number of rotatable bonds is 3. The summed E-state index contributed by atoms with van der Waals surface area (Å²) in [7, 11) is -3.81. The Morgan fingerprint density at radius 1 is 1.00 bits per heavy atom. The van der Waals surface area contributed by atoms with Gasteiger partial charge in [0.25, 0.3) is 10.0 Å². The maximum atomic E-state index is 12.0. The van der Waals surface area contributed by atoms with Crippen LogP contribution >= 0.6 is 23.2 Å². The highest BCUT2D eigenvalue weighted by Crippen LogP contribution is 2.17. The van der Waals surface area contributed by atoms with Gasteiger partial charge in [-0.2, -0.15) is 8.42 Å². The third kappa shape index (κ3) is 3.56. The van der Waals surface area contributed by atoms with Crippen molar-refractivity contribution in [1.29, 1.82) is 0 Å². The summed E-state index contributed by atoms with van der Waals surface area (Å²) in [4.78, 5) is 0.0928. The quantitative estimate of drug-likeness (QED) is 0.811. The third-order valence-corrected chi connectivity index (χ3v) is 4.23. The van der Waals surface area contributed by atoms with Gasteiger partial charge in [-0.05, 0) is 24.3 Å². The molecule has 0 atom stereocenters. The van der Waals surface area contributed by atoms with Crippen LogP contribution in [-0.2, 0) is 10.0 Å². The highest BCUT2D eigenvalue weighted by Gasteiger charge is 2.13. The molecule has 19 heavy (non-hydrogen) atoms. The Labute approximate surface area is 121 Å². The molecule has 2 aromatic carbocycles. The lowest BCUT2D eigenvalue weighted by Gasteiger charge is -2.01. The highest BCUT2D eigenvalue weighted by molar-refractivity contribution is 7.90. The second-order valence-electron chi connectivity index (χ2n) is 3.68. The van der Waals surface area contributed by atoms with Gasteiger partial charge in [-0.15, -0.1) is 4.40 Å². The van der Waals surface area contributed by atoms with Crippen molar-refractivity contribution in [2.24, 2.45) is 4.40 Å². The van der Waals surface area contributed by atoms with Gasteiger partial charge in [-0.1, -0.05) is 53.5 Å². The average Bonchev–Trinajstić information content (AvgIpc) is 2.39. The summed E-state index contributed by atoms with van der Waals surface area (Å²) in [6.45, 7) is 0. The largest absolute Gasteiger partial charge is 0.283 e. The number of benzene rings is 2. The molecule has 6 heteroatoms. The molecule has 0 amide bonds. The van der Waals surface area contributed by atoms with Crippen LogP contribution in [0.1, 0.15) is 5.56 Å². The zero-order valence-corrected chi connectivity index (χ0v) is 12.0. The average molecular weight is 314 g/mol. The Hall–Kier alpha value is -1.36. The van der Waals surface area contributed by atoms with E-state index in [-0.39, 0.29) is 10.1 Å². The molecular formula is C13H9Cl2NO2S. The van der Waals surface area contributed by atoms with Crippen LogP contribution in [-0.4, -0.2) is 13.6 Å². The van der Waals surface area contributed by atoms with Crippen molar-refractivity contribution in [3.63, 3.8) is 0 Å². The minimum atomic E-state index is -3.81. The van der Waals surface area contributed by atoms with Crippen molar-refractivity contribution >= 4 is 38.4 Å². The lowest BCUT2D eigenvalue weighted by atomic mass is 10.2. The maximum Gasteiger partial charge on any atom is 0.283 e. The minimum absolute atomic E-state index is 0.0928. The Morgan fingerprint density at radius 2 is 1.68 bits per heavy atom. The van der Waals surface area contributed by atoms with Crippen molar-refractivity contribution in [3.05, 3.63) is 65.2 Å². The van der Waals surface area contributed by atoms with Crippen LogP contribution in [0.25, 0.3) is 0 Å². The van der Waals surface area contributed by atoms with Gasteiger partial charge in [0.2, 0.25) is 0 Å². The van der Waals surface area contributed by atoms with Crippen LogP contribution in [0.5, 0.6) is 0 Å². The molecule has 2 aromatic rings. The minimum Gasteiger partial charge on any atom is -0.199 e. The Morgan fingerprint density at radius 3 is 2.32 bits per heavy atom. The summed E-state index contributed by atoms with van der Waals surface area (Å²) in [5, 5.41) is 0.342. The lowest BCUT2D eigenvalue weighted by molar-refractivity contribution is 0.598. The normalized spacial score (nSPS) is 12.4. The fourth-order valence-electron chi connectivity index (χ4n) is 1.42. The third-order valence-electron chi connectivity index (χ3n) is 2.30.